The van der Waals surface area contributed by atoms with Crippen LogP contribution in [-0.4, -0.2) is 26.8 Å². The highest BCUT2D eigenvalue weighted by Gasteiger charge is 2.12. The number of nitrogens with zero attached hydrogens (tertiary/aromatic N) is 3. The first-order valence-corrected chi connectivity index (χ1v) is 9.90. The fraction of sp³-hybridized carbons (Fsp3) is 0.333. The van der Waals surface area contributed by atoms with Crippen LogP contribution in [0, 0.1) is 20.8 Å². The van der Waals surface area contributed by atoms with Crippen LogP contribution < -0.4 is 5.32 Å². The standard InChI is InChI=1S/C18H20N4OS2/c1-5-13-8-14-7-6-10(2)11(3)16(14)20-17(13)24-9-15(23)19-18-22-21-12(4)25-18/h6-8H,5,9H2,1-4H3,(H,19,22,23). The molecule has 5 nitrogen and oxygen atoms in total. The van der Waals surface area contributed by atoms with E-state index in [2.05, 4.69) is 54.5 Å². The lowest BCUT2D eigenvalue weighted by atomic mass is 10.0. The second kappa shape index (κ2) is 7.49. The first kappa shape index (κ1) is 17.8. The van der Waals surface area contributed by atoms with Gasteiger partial charge in [0, 0.05) is 5.39 Å². The molecule has 0 fully saturated rings. The van der Waals surface area contributed by atoms with Crippen molar-refractivity contribution in [2.24, 2.45) is 0 Å². The van der Waals surface area contributed by atoms with E-state index >= 15 is 0 Å². The molecule has 0 atom stereocenters. The van der Waals surface area contributed by atoms with Gasteiger partial charge in [0.05, 0.1) is 11.3 Å². The van der Waals surface area contributed by atoms with Gasteiger partial charge in [0.15, 0.2) is 0 Å². The van der Waals surface area contributed by atoms with Crippen LogP contribution in [0.25, 0.3) is 10.9 Å². The molecule has 7 heteroatoms. The molecule has 0 bridgehead atoms. The van der Waals surface area contributed by atoms with E-state index in [1.54, 1.807) is 0 Å². The molecule has 0 radical (unpaired) electrons. The van der Waals surface area contributed by atoms with E-state index in [1.807, 2.05) is 6.92 Å². The van der Waals surface area contributed by atoms with Crippen LogP contribution in [0.4, 0.5) is 5.13 Å². The van der Waals surface area contributed by atoms with Crippen LogP contribution in [0.15, 0.2) is 23.2 Å². The van der Waals surface area contributed by atoms with Crippen molar-refractivity contribution in [2.75, 3.05) is 11.1 Å². The molecule has 0 aliphatic carbocycles. The Hall–Kier alpha value is -1.99. The Labute approximate surface area is 155 Å². The number of anilines is 1. The fourth-order valence-corrected chi connectivity index (χ4v) is 4.02. The monoisotopic (exact) mass is 372 g/mol. The van der Waals surface area contributed by atoms with Gasteiger partial charge in [-0.3, -0.25) is 10.1 Å². The summed E-state index contributed by atoms with van der Waals surface area (Å²) >= 11 is 2.84. The molecule has 3 rings (SSSR count). The molecule has 130 valence electrons. The maximum absolute atomic E-state index is 12.2. The predicted octanol–water partition coefficient (Wildman–Crippen LogP) is 4.30. The second-order valence-corrected chi connectivity index (χ2v) is 7.99. The van der Waals surface area contributed by atoms with Crippen molar-refractivity contribution < 1.29 is 4.79 Å². The summed E-state index contributed by atoms with van der Waals surface area (Å²) in [5.41, 5.74) is 4.60. The number of carbonyl (C=O) groups is 1. The van der Waals surface area contributed by atoms with Crippen molar-refractivity contribution in [1.29, 1.82) is 0 Å². The number of aryl methyl sites for hydroxylation is 4. The summed E-state index contributed by atoms with van der Waals surface area (Å²) in [6, 6.07) is 6.43. The maximum Gasteiger partial charge on any atom is 0.236 e. The van der Waals surface area contributed by atoms with E-state index in [0.717, 1.165) is 27.4 Å². The summed E-state index contributed by atoms with van der Waals surface area (Å²) in [5.74, 6) is 0.209. The van der Waals surface area contributed by atoms with Gasteiger partial charge in [0.25, 0.3) is 0 Å². The number of aromatic nitrogens is 3. The van der Waals surface area contributed by atoms with Crippen molar-refractivity contribution in [3.05, 3.63) is 39.9 Å². The molecule has 0 spiro atoms. The molecule has 2 heterocycles. The van der Waals surface area contributed by atoms with E-state index < -0.39 is 0 Å². The van der Waals surface area contributed by atoms with Crippen LogP contribution in [0.5, 0.6) is 0 Å². The number of hydrogen-bond acceptors (Lipinski definition) is 6. The molecule has 2 aromatic heterocycles. The number of fused-ring (bicyclic) bond motifs is 1. The average molecular weight is 373 g/mol. The molecule has 0 saturated heterocycles. The van der Waals surface area contributed by atoms with Crippen molar-refractivity contribution in [3.63, 3.8) is 0 Å². The summed E-state index contributed by atoms with van der Waals surface area (Å²) in [6.07, 6.45) is 0.884. The van der Waals surface area contributed by atoms with Gasteiger partial charge < -0.3 is 0 Å². The first-order chi connectivity index (χ1) is 12.0. The number of hydrogen-bond donors (Lipinski definition) is 1. The van der Waals surface area contributed by atoms with Crippen molar-refractivity contribution >= 4 is 45.0 Å². The lowest BCUT2D eigenvalue weighted by Crippen LogP contribution is -2.14. The van der Waals surface area contributed by atoms with Crippen molar-refractivity contribution in [2.45, 2.75) is 39.1 Å². The summed E-state index contributed by atoms with van der Waals surface area (Å²) in [6.45, 7) is 8.15. The van der Waals surface area contributed by atoms with E-state index in [0.29, 0.717) is 10.9 Å². The third-order valence-corrected chi connectivity index (χ3v) is 5.83. The minimum atomic E-state index is -0.0916. The van der Waals surface area contributed by atoms with Gasteiger partial charge in [-0.25, -0.2) is 4.98 Å². The normalized spacial score (nSPS) is 11.0. The SMILES string of the molecule is CCc1cc2ccc(C)c(C)c2nc1SCC(=O)Nc1nnc(C)s1. The quantitative estimate of drug-likeness (QED) is 0.676. The molecule has 1 aromatic carbocycles. The van der Waals surface area contributed by atoms with Crippen molar-refractivity contribution in [3.8, 4) is 0 Å². The fourth-order valence-electron chi connectivity index (χ4n) is 2.52. The Balaban J connectivity index is 1.80. The predicted molar refractivity (Wildman–Crippen MR) is 105 cm³/mol. The Morgan fingerprint density at radius 1 is 1.24 bits per heavy atom. The molecule has 25 heavy (non-hydrogen) atoms. The minimum Gasteiger partial charge on any atom is -0.300 e. The van der Waals surface area contributed by atoms with E-state index in [-0.39, 0.29) is 5.91 Å². The molecule has 0 unspecified atom stereocenters. The average Bonchev–Trinajstić information content (AvgIpc) is 3.00. The molecule has 0 aliphatic rings. The number of rotatable bonds is 5. The summed E-state index contributed by atoms with van der Waals surface area (Å²) in [4.78, 5) is 17.0. The Bertz CT molecular complexity index is 936. The highest BCUT2D eigenvalue weighted by atomic mass is 32.2. The molecule has 0 saturated carbocycles. The molecular formula is C18H20N4OS2. The van der Waals surface area contributed by atoms with E-state index in [9.17, 15) is 4.79 Å². The third kappa shape index (κ3) is 3.99. The highest BCUT2D eigenvalue weighted by Crippen LogP contribution is 2.28. The number of amides is 1. The van der Waals surface area contributed by atoms with Crippen LogP contribution in [0.1, 0.15) is 28.6 Å². The number of thioether (sulfide) groups is 1. The molecule has 0 aliphatic heterocycles. The number of carbonyl (C=O) groups excluding carboxylic acids is 1. The second-order valence-electron chi connectivity index (χ2n) is 5.85. The van der Waals surface area contributed by atoms with E-state index in [1.165, 1.54) is 39.8 Å². The zero-order valence-corrected chi connectivity index (χ0v) is 16.3. The zero-order valence-electron chi connectivity index (χ0n) is 14.7. The number of benzene rings is 1. The lowest BCUT2D eigenvalue weighted by Gasteiger charge is -2.11. The van der Waals surface area contributed by atoms with Crippen LogP contribution in [0.3, 0.4) is 0 Å². The Kier molecular flexibility index (Phi) is 5.34. The highest BCUT2D eigenvalue weighted by molar-refractivity contribution is 8.00. The molecule has 3 aromatic rings. The molecule has 1 N–H and O–H groups in total. The van der Waals surface area contributed by atoms with Gasteiger partial charge in [0.2, 0.25) is 11.0 Å². The van der Waals surface area contributed by atoms with Gasteiger partial charge in [-0.15, -0.1) is 10.2 Å². The summed E-state index contributed by atoms with van der Waals surface area (Å²) < 4.78 is 0. The molecular weight excluding hydrogens is 352 g/mol. The van der Waals surface area contributed by atoms with E-state index in [4.69, 9.17) is 4.98 Å². The van der Waals surface area contributed by atoms with Crippen LogP contribution in [-0.2, 0) is 11.2 Å². The van der Waals surface area contributed by atoms with Gasteiger partial charge in [-0.1, -0.05) is 42.2 Å². The van der Waals surface area contributed by atoms with Gasteiger partial charge in [-0.05, 0) is 49.9 Å². The van der Waals surface area contributed by atoms with Crippen LogP contribution in [0.2, 0.25) is 0 Å². The Morgan fingerprint density at radius 2 is 2.04 bits per heavy atom. The van der Waals surface area contributed by atoms with Gasteiger partial charge in [-0.2, -0.15) is 0 Å². The topological polar surface area (TPSA) is 67.8 Å². The number of nitrogens with one attached hydrogen (secondary N) is 1. The first-order valence-electron chi connectivity index (χ1n) is 8.10. The third-order valence-electron chi connectivity index (χ3n) is 4.04. The lowest BCUT2D eigenvalue weighted by molar-refractivity contribution is -0.113. The van der Waals surface area contributed by atoms with Crippen molar-refractivity contribution in [1.82, 2.24) is 15.2 Å². The largest absolute Gasteiger partial charge is 0.300 e. The van der Waals surface area contributed by atoms with Crippen LogP contribution >= 0.6 is 23.1 Å². The smallest absolute Gasteiger partial charge is 0.236 e. The number of pyridine rings is 1. The zero-order chi connectivity index (χ0) is 18.0. The summed E-state index contributed by atoms with van der Waals surface area (Å²) in [5, 5.41) is 14.1. The molecule has 1 amide bonds. The Morgan fingerprint density at radius 3 is 2.72 bits per heavy atom. The minimum absolute atomic E-state index is 0.0916. The maximum atomic E-state index is 12.2. The van der Waals surface area contributed by atoms with Gasteiger partial charge in [0.1, 0.15) is 10.0 Å². The van der Waals surface area contributed by atoms with Gasteiger partial charge >= 0.3 is 0 Å². The summed E-state index contributed by atoms with van der Waals surface area (Å²) in [7, 11) is 0.